The van der Waals surface area contributed by atoms with Gasteiger partial charge < -0.3 is 9.47 Å². The van der Waals surface area contributed by atoms with Crippen molar-refractivity contribution in [3.63, 3.8) is 0 Å². The molecule has 0 saturated heterocycles. The molecule has 0 aliphatic carbocycles. The summed E-state index contributed by atoms with van der Waals surface area (Å²) in [6, 6.07) is 5.84. The van der Waals surface area contributed by atoms with E-state index in [1.54, 1.807) is 0 Å². The molecule has 0 unspecified atom stereocenters. The zero-order chi connectivity index (χ0) is 14.1. The average Bonchev–Trinajstić information content (AvgIpc) is 2.69. The molecule has 5 heteroatoms. The van der Waals surface area contributed by atoms with Crippen LogP contribution in [-0.4, -0.2) is 23.4 Å². The van der Waals surface area contributed by atoms with Gasteiger partial charge in [-0.25, -0.2) is 0 Å². The lowest BCUT2D eigenvalue weighted by molar-refractivity contribution is 0.297. The predicted octanol–water partition coefficient (Wildman–Crippen LogP) is 3.58. The zero-order valence-corrected chi connectivity index (χ0v) is 12.2. The van der Waals surface area contributed by atoms with E-state index in [1.165, 1.54) is 0 Å². The van der Waals surface area contributed by atoms with Gasteiger partial charge in [-0.15, -0.1) is 10.2 Å². The molecule has 1 aliphatic heterocycles. The number of fused-ring (bicyclic) bond motifs is 1. The molecule has 0 radical (unpaired) electrons. The van der Waals surface area contributed by atoms with Gasteiger partial charge in [-0.2, -0.15) is 0 Å². The van der Waals surface area contributed by atoms with E-state index < -0.39 is 0 Å². The molecule has 0 saturated carbocycles. The maximum absolute atomic E-state index is 5.99. The van der Waals surface area contributed by atoms with Crippen LogP contribution in [0.2, 0.25) is 5.15 Å². The quantitative estimate of drug-likeness (QED) is 0.805. The van der Waals surface area contributed by atoms with Crippen molar-refractivity contribution < 1.29 is 9.47 Å². The zero-order valence-electron chi connectivity index (χ0n) is 11.4. The normalized spacial score (nSPS) is 13.9. The highest BCUT2D eigenvalue weighted by Crippen LogP contribution is 2.35. The topological polar surface area (TPSA) is 44.2 Å². The molecule has 0 spiro atoms. The molecular formula is C15H15ClN2O2. The summed E-state index contributed by atoms with van der Waals surface area (Å²) in [7, 11) is 0. The standard InChI is InChI=1S/C15H15ClN2O2/c1-9-10(2)15(16)18-17-14(9)11-4-5-12-13(8-11)20-7-3-6-19-12/h4-5,8H,3,6-7H2,1-2H3. The lowest BCUT2D eigenvalue weighted by atomic mass is 10.0. The van der Waals surface area contributed by atoms with Gasteiger partial charge in [-0.05, 0) is 43.2 Å². The Morgan fingerprint density at radius 2 is 1.75 bits per heavy atom. The van der Waals surface area contributed by atoms with Crippen molar-refractivity contribution in [3.8, 4) is 22.8 Å². The van der Waals surface area contributed by atoms with Crippen molar-refractivity contribution in [1.82, 2.24) is 10.2 Å². The Bertz CT molecular complexity index is 659. The summed E-state index contributed by atoms with van der Waals surface area (Å²) in [4.78, 5) is 0. The number of nitrogens with zero attached hydrogens (tertiary/aromatic N) is 2. The first kappa shape index (κ1) is 13.2. The molecule has 0 bridgehead atoms. The van der Waals surface area contributed by atoms with Crippen LogP contribution in [0.5, 0.6) is 11.5 Å². The van der Waals surface area contributed by atoms with Crippen LogP contribution in [0, 0.1) is 13.8 Å². The minimum absolute atomic E-state index is 0.445. The van der Waals surface area contributed by atoms with Crippen LogP contribution in [0.1, 0.15) is 17.5 Å². The van der Waals surface area contributed by atoms with Gasteiger partial charge in [0.2, 0.25) is 0 Å². The maximum Gasteiger partial charge on any atom is 0.161 e. The minimum atomic E-state index is 0.445. The van der Waals surface area contributed by atoms with Crippen LogP contribution in [0.25, 0.3) is 11.3 Å². The van der Waals surface area contributed by atoms with E-state index in [0.717, 1.165) is 40.3 Å². The highest BCUT2D eigenvalue weighted by atomic mass is 35.5. The summed E-state index contributed by atoms with van der Waals surface area (Å²) in [5, 5.41) is 8.64. The molecule has 1 aromatic heterocycles. The van der Waals surface area contributed by atoms with Crippen LogP contribution in [0.3, 0.4) is 0 Å². The van der Waals surface area contributed by atoms with Gasteiger partial charge in [-0.3, -0.25) is 0 Å². The van der Waals surface area contributed by atoms with Gasteiger partial charge in [0.05, 0.1) is 18.9 Å². The van der Waals surface area contributed by atoms with Crippen molar-refractivity contribution in [2.24, 2.45) is 0 Å². The van der Waals surface area contributed by atoms with Gasteiger partial charge in [0.25, 0.3) is 0 Å². The summed E-state index contributed by atoms with van der Waals surface area (Å²) in [6.45, 7) is 5.29. The first-order chi connectivity index (χ1) is 9.66. The second-order valence-electron chi connectivity index (χ2n) is 4.80. The molecule has 20 heavy (non-hydrogen) atoms. The SMILES string of the molecule is Cc1c(Cl)nnc(-c2ccc3c(c2)OCCCO3)c1C. The van der Waals surface area contributed by atoms with Gasteiger partial charge in [0.1, 0.15) is 0 Å². The van der Waals surface area contributed by atoms with Crippen LogP contribution in [0.4, 0.5) is 0 Å². The summed E-state index contributed by atoms with van der Waals surface area (Å²) in [5.41, 5.74) is 3.75. The van der Waals surface area contributed by atoms with E-state index in [-0.39, 0.29) is 0 Å². The van der Waals surface area contributed by atoms with E-state index >= 15 is 0 Å². The second-order valence-corrected chi connectivity index (χ2v) is 5.16. The van der Waals surface area contributed by atoms with Crippen molar-refractivity contribution in [1.29, 1.82) is 0 Å². The Labute approximate surface area is 122 Å². The highest BCUT2D eigenvalue weighted by Gasteiger charge is 2.15. The third kappa shape index (κ3) is 2.31. The van der Waals surface area contributed by atoms with Crippen LogP contribution in [-0.2, 0) is 0 Å². The molecule has 0 atom stereocenters. The van der Waals surface area contributed by atoms with Gasteiger partial charge >= 0.3 is 0 Å². The average molecular weight is 291 g/mol. The van der Waals surface area contributed by atoms with Crippen LogP contribution in [0.15, 0.2) is 18.2 Å². The minimum Gasteiger partial charge on any atom is -0.490 e. The van der Waals surface area contributed by atoms with E-state index in [2.05, 4.69) is 10.2 Å². The van der Waals surface area contributed by atoms with Crippen molar-refractivity contribution in [3.05, 3.63) is 34.5 Å². The highest BCUT2D eigenvalue weighted by molar-refractivity contribution is 6.30. The third-order valence-electron chi connectivity index (χ3n) is 3.49. The summed E-state index contributed by atoms with van der Waals surface area (Å²) >= 11 is 5.99. The summed E-state index contributed by atoms with van der Waals surface area (Å²) < 4.78 is 11.3. The van der Waals surface area contributed by atoms with Crippen LogP contribution >= 0.6 is 11.6 Å². The third-order valence-corrected chi connectivity index (χ3v) is 3.84. The molecular weight excluding hydrogens is 276 g/mol. The van der Waals surface area contributed by atoms with Gasteiger partial charge in [0, 0.05) is 12.0 Å². The fraction of sp³-hybridized carbons (Fsp3) is 0.333. The monoisotopic (exact) mass is 290 g/mol. The summed E-state index contributed by atoms with van der Waals surface area (Å²) in [6.07, 6.45) is 0.892. The molecule has 2 heterocycles. The summed E-state index contributed by atoms with van der Waals surface area (Å²) in [5.74, 6) is 1.54. The van der Waals surface area contributed by atoms with E-state index in [9.17, 15) is 0 Å². The molecule has 4 nitrogen and oxygen atoms in total. The fourth-order valence-corrected chi connectivity index (χ4v) is 2.34. The van der Waals surface area contributed by atoms with Gasteiger partial charge in [-0.1, -0.05) is 11.6 Å². The predicted molar refractivity (Wildman–Crippen MR) is 77.6 cm³/mol. The molecule has 0 N–H and O–H groups in total. The first-order valence-corrected chi connectivity index (χ1v) is 6.94. The molecule has 1 aromatic carbocycles. The number of benzene rings is 1. The lowest BCUT2D eigenvalue weighted by Gasteiger charge is -2.11. The molecule has 0 fully saturated rings. The largest absolute Gasteiger partial charge is 0.490 e. The number of aromatic nitrogens is 2. The number of hydrogen-bond acceptors (Lipinski definition) is 4. The van der Waals surface area contributed by atoms with E-state index in [1.807, 2.05) is 32.0 Å². The first-order valence-electron chi connectivity index (χ1n) is 6.56. The number of halogens is 1. The molecule has 2 aromatic rings. The van der Waals surface area contributed by atoms with Crippen molar-refractivity contribution in [2.75, 3.05) is 13.2 Å². The van der Waals surface area contributed by atoms with Crippen LogP contribution < -0.4 is 9.47 Å². The Hall–Kier alpha value is -1.81. The smallest absolute Gasteiger partial charge is 0.161 e. The molecule has 3 rings (SSSR count). The molecule has 0 amide bonds. The Morgan fingerprint density at radius 1 is 1.00 bits per heavy atom. The lowest BCUT2D eigenvalue weighted by Crippen LogP contribution is -1.98. The number of ether oxygens (including phenoxy) is 2. The maximum atomic E-state index is 5.99. The fourth-order valence-electron chi connectivity index (χ4n) is 2.16. The van der Waals surface area contributed by atoms with E-state index in [0.29, 0.717) is 18.4 Å². The van der Waals surface area contributed by atoms with Crippen molar-refractivity contribution in [2.45, 2.75) is 20.3 Å². The van der Waals surface area contributed by atoms with Gasteiger partial charge in [0.15, 0.2) is 16.7 Å². The number of hydrogen-bond donors (Lipinski definition) is 0. The molecule has 1 aliphatic rings. The number of rotatable bonds is 1. The Kier molecular flexibility index (Phi) is 3.49. The van der Waals surface area contributed by atoms with E-state index in [4.69, 9.17) is 21.1 Å². The Morgan fingerprint density at radius 3 is 2.55 bits per heavy atom. The molecule has 104 valence electrons. The Balaban J connectivity index is 2.07. The second kappa shape index (κ2) is 5.29. The van der Waals surface area contributed by atoms with Crippen molar-refractivity contribution >= 4 is 11.6 Å².